The Kier molecular flexibility index (Phi) is 5.67. The summed E-state index contributed by atoms with van der Waals surface area (Å²) in [5.41, 5.74) is 2.68. The molecular weight excluding hydrogens is 396 g/mol. The molecule has 0 bridgehead atoms. The molecule has 0 aliphatic carbocycles. The van der Waals surface area contributed by atoms with Crippen LogP contribution in [0.2, 0.25) is 0 Å². The number of benzene rings is 2. The first-order valence-corrected chi connectivity index (χ1v) is 9.82. The highest BCUT2D eigenvalue weighted by atomic mass is 16.6. The summed E-state index contributed by atoms with van der Waals surface area (Å²) in [6.07, 6.45) is 1.90. The standard InChI is InChI=1S/C23H20N4O4/c1-15(28)16-3-6-18(7-4-16)25-23(29)19-14-27(10-2-9-24)26-22(19)17-5-8-20-21(13-17)31-12-11-30-20/h3-8,13-14H,2,10-12H2,1H3,(H,25,29). The van der Waals surface area contributed by atoms with Crippen LogP contribution in [0.1, 0.15) is 34.1 Å². The van der Waals surface area contributed by atoms with Crippen molar-refractivity contribution in [3.05, 3.63) is 59.8 Å². The van der Waals surface area contributed by atoms with Crippen LogP contribution in [0.4, 0.5) is 5.69 Å². The van der Waals surface area contributed by atoms with Gasteiger partial charge in [0.1, 0.15) is 18.9 Å². The smallest absolute Gasteiger partial charge is 0.259 e. The van der Waals surface area contributed by atoms with Crippen molar-refractivity contribution in [2.45, 2.75) is 19.9 Å². The van der Waals surface area contributed by atoms with E-state index in [9.17, 15) is 9.59 Å². The Bertz CT molecular complexity index is 1180. The fourth-order valence-electron chi connectivity index (χ4n) is 3.26. The molecule has 3 aromatic rings. The molecule has 156 valence electrons. The number of hydrogen-bond acceptors (Lipinski definition) is 6. The first-order chi connectivity index (χ1) is 15.0. The van der Waals surface area contributed by atoms with E-state index >= 15 is 0 Å². The van der Waals surface area contributed by atoms with Crippen molar-refractivity contribution in [2.24, 2.45) is 0 Å². The number of nitrogens with zero attached hydrogens (tertiary/aromatic N) is 3. The highest BCUT2D eigenvalue weighted by Gasteiger charge is 2.21. The fraction of sp³-hybridized carbons (Fsp3) is 0.217. The number of nitrogens with one attached hydrogen (secondary N) is 1. The summed E-state index contributed by atoms with van der Waals surface area (Å²) in [7, 11) is 0. The molecule has 0 atom stereocenters. The molecule has 0 spiro atoms. The van der Waals surface area contributed by atoms with Gasteiger partial charge in [-0.2, -0.15) is 10.4 Å². The van der Waals surface area contributed by atoms with Crippen LogP contribution in [-0.2, 0) is 6.54 Å². The number of rotatable bonds is 6. The average Bonchev–Trinajstić information content (AvgIpc) is 3.22. The van der Waals surface area contributed by atoms with E-state index in [1.54, 1.807) is 47.3 Å². The Balaban J connectivity index is 1.65. The SMILES string of the molecule is CC(=O)c1ccc(NC(=O)c2cn(CCC#N)nc2-c2ccc3c(c2)OCCO3)cc1. The lowest BCUT2D eigenvalue weighted by atomic mass is 10.1. The van der Waals surface area contributed by atoms with Gasteiger partial charge in [-0.3, -0.25) is 14.3 Å². The molecule has 0 saturated heterocycles. The van der Waals surface area contributed by atoms with Gasteiger partial charge in [0.2, 0.25) is 0 Å². The third-order valence-corrected chi connectivity index (χ3v) is 4.82. The molecule has 1 aromatic heterocycles. The number of Topliss-reactive ketones (excluding diaryl/α,β-unsaturated/α-hetero) is 1. The number of carbonyl (C=O) groups excluding carboxylic acids is 2. The second kappa shape index (κ2) is 8.71. The zero-order valence-electron chi connectivity index (χ0n) is 16.9. The van der Waals surface area contributed by atoms with Crippen LogP contribution in [0.25, 0.3) is 11.3 Å². The highest BCUT2D eigenvalue weighted by Crippen LogP contribution is 2.35. The normalized spacial score (nSPS) is 12.1. The number of ether oxygens (including phenoxy) is 2. The van der Waals surface area contributed by atoms with Crippen LogP contribution >= 0.6 is 0 Å². The lowest BCUT2D eigenvalue weighted by Crippen LogP contribution is -2.15. The zero-order chi connectivity index (χ0) is 21.8. The van der Waals surface area contributed by atoms with Crippen LogP contribution in [-0.4, -0.2) is 34.7 Å². The third kappa shape index (κ3) is 4.41. The highest BCUT2D eigenvalue weighted by molar-refractivity contribution is 6.08. The molecular formula is C23H20N4O4. The lowest BCUT2D eigenvalue weighted by Gasteiger charge is -2.18. The van der Waals surface area contributed by atoms with Crippen molar-refractivity contribution < 1.29 is 19.1 Å². The van der Waals surface area contributed by atoms with Gasteiger partial charge >= 0.3 is 0 Å². The van der Waals surface area contributed by atoms with Crippen molar-refractivity contribution in [2.75, 3.05) is 18.5 Å². The fourth-order valence-corrected chi connectivity index (χ4v) is 3.26. The van der Waals surface area contributed by atoms with E-state index in [1.165, 1.54) is 6.92 Å². The van der Waals surface area contributed by atoms with Gasteiger partial charge in [-0.05, 0) is 49.4 Å². The predicted octanol–water partition coefficient (Wildman–Crippen LogP) is 3.69. The van der Waals surface area contributed by atoms with E-state index in [2.05, 4.69) is 16.5 Å². The monoisotopic (exact) mass is 416 g/mol. The van der Waals surface area contributed by atoms with E-state index in [4.69, 9.17) is 14.7 Å². The molecule has 8 heteroatoms. The van der Waals surface area contributed by atoms with Crippen molar-refractivity contribution >= 4 is 17.4 Å². The van der Waals surface area contributed by atoms with Gasteiger partial charge in [0.25, 0.3) is 5.91 Å². The van der Waals surface area contributed by atoms with Gasteiger partial charge in [0.15, 0.2) is 17.3 Å². The van der Waals surface area contributed by atoms with E-state index < -0.39 is 0 Å². The summed E-state index contributed by atoms with van der Waals surface area (Å²) >= 11 is 0. The maximum Gasteiger partial charge on any atom is 0.259 e. The van der Waals surface area contributed by atoms with Gasteiger partial charge in [0.05, 0.1) is 24.6 Å². The van der Waals surface area contributed by atoms with E-state index in [1.807, 2.05) is 6.07 Å². The first kappa shape index (κ1) is 20.2. The number of nitriles is 1. The largest absolute Gasteiger partial charge is 0.486 e. The molecule has 8 nitrogen and oxygen atoms in total. The van der Waals surface area contributed by atoms with Gasteiger partial charge in [-0.1, -0.05) is 0 Å². The van der Waals surface area contributed by atoms with Crippen molar-refractivity contribution in [3.8, 4) is 28.8 Å². The summed E-state index contributed by atoms with van der Waals surface area (Å²) in [4.78, 5) is 24.5. The first-order valence-electron chi connectivity index (χ1n) is 9.82. The molecule has 0 saturated carbocycles. The van der Waals surface area contributed by atoms with Gasteiger partial charge in [-0.25, -0.2) is 0 Å². The van der Waals surface area contributed by atoms with Crippen LogP contribution < -0.4 is 14.8 Å². The van der Waals surface area contributed by atoms with Crippen LogP contribution in [0, 0.1) is 11.3 Å². The zero-order valence-corrected chi connectivity index (χ0v) is 16.9. The number of fused-ring (bicyclic) bond motifs is 1. The average molecular weight is 416 g/mol. The van der Waals surface area contributed by atoms with E-state index in [0.29, 0.717) is 59.3 Å². The number of hydrogen-bond donors (Lipinski definition) is 1. The molecule has 0 fully saturated rings. The van der Waals surface area contributed by atoms with Gasteiger partial charge < -0.3 is 14.8 Å². The topological polar surface area (TPSA) is 106 Å². The van der Waals surface area contributed by atoms with E-state index in [-0.39, 0.29) is 18.1 Å². The lowest BCUT2D eigenvalue weighted by molar-refractivity contribution is 0.101. The number of anilines is 1. The Hall–Kier alpha value is -4.12. The van der Waals surface area contributed by atoms with Crippen LogP contribution in [0.15, 0.2) is 48.7 Å². The molecule has 31 heavy (non-hydrogen) atoms. The number of ketones is 1. The molecule has 4 rings (SSSR count). The Morgan fingerprint density at radius 2 is 1.87 bits per heavy atom. The molecule has 1 aliphatic heterocycles. The van der Waals surface area contributed by atoms with Gasteiger partial charge in [-0.15, -0.1) is 0 Å². The predicted molar refractivity (Wildman–Crippen MR) is 113 cm³/mol. The summed E-state index contributed by atoms with van der Waals surface area (Å²) in [6, 6.07) is 14.2. The number of aryl methyl sites for hydroxylation is 1. The summed E-state index contributed by atoms with van der Waals surface area (Å²) in [6.45, 7) is 2.80. The van der Waals surface area contributed by atoms with Crippen LogP contribution in [0.5, 0.6) is 11.5 Å². The van der Waals surface area contributed by atoms with Gasteiger partial charge in [0, 0.05) is 23.0 Å². The Morgan fingerprint density at radius 3 is 2.58 bits per heavy atom. The number of aromatic nitrogens is 2. The van der Waals surface area contributed by atoms with E-state index in [0.717, 1.165) is 0 Å². The second-order valence-electron chi connectivity index (χ2n) is 7.01. The summed E-state index contributed by atoms with van der Waals surface area (Å²) in [5, 5.41) is 16.3. The molecule has 0 radical (unpaired) electrons. The minimum absolute atomic E-state index is 0.0439. The number of carbonyl (C=O) groups is 2. The number of amides is 1. The van der Waals surface area contributed by atoms with Crippen molar-refractivity contribution in [1.82, 2.24) is 9.78 Å². The quantitative estimate of drug-likeness (QED) is 0.614. The Labute approximate surface area is 179 Å². The minimum atomic E-state index is -0.344. The summed E-state index contributed by atoms with van der Waals surface area (Å²) < 4.78 is 12.8. The maximum absolute atomic E-state index is 13.1. The van der Waals surface area contributed by atoms with Crippen molar-refractivity contribution in [3.63, 3.8) is 0 Å². The third-order valence-electron chi connectivity index (χ3n) is 4.82. The molecule has 1 aliphatic rings. The van der Waals surface area contributed by atoms with Crippen molar-refractivity contribution in [1.29, 1.82) is 5.26 Å². The maximum atomic E-state index is 13.1. The molecule has 2 aromatic carbocycles. The molecule has 0 unspecified atom stereocenters. The summed E-state index contributed by atoms with van der Waals surface area (Å²) in [5.74, 6) is 0.859. The van der Waals surface area contributed by atoms with Crippen LogP contribution in [0.3, 0.4) is 0 Å². The molecule has 2 heterocycles. The minimum Gasteiger partial charge on any atom is -0.486 e. The second-order valence-corrected chi connectivity index (χ2v) is 7.01. The molecule has 1 amide bonds. The Morgan fingerprint density at radius 1 is 1.13 bits per heavy atom. The molecule has 1 N–H and O–H groups in total.